The van der Waals surface area contributed by atoms with Crippen molar-refractivity contribution in [1.82, 2.24) is 10.3 Å². The number of hydrogen-bond donors (Lipinski definition) is 3. The van der Waals surface area contributed by atoms with Crippen LogP contribution in [0.25, 0.3) is 0 Å². The normalized spacial score (nSPS) is 15.8. The van der Waals surface area contributed by atoms with Crippen molar-refractivity contribution in [1.29, 1.82) is 0 Å². The minimum Gasteiger partial charge on any atom is -0.480 e. The first kappa shape index (κ1) is 20.4. The summed E-state index contributed by atoms with van der Waals surface area (Å²) in [5.74, 6) is -2.65. The summed E-state index contributed by atoms with van der Waals surface area (Å²) in [6, 6.07) is -1.33. The summed E-state index contributed by atoms with van der Waals surface area (Å²) in [6.07, 6.45) is -6.43. The maximum Gasteiger partial charge on any atom is 0.424 e. The van der Waals surface area contributed by atoms with Gasteiger partial charge in [0.05, 0.1) is 6.42 Å². The Kier molecular flexibility index (Phi) is 6.34. The van der Waals surface area contributed by atoms with Crippen LogP contribution < -0.4 is 5.32 Å². The standard InChI is InChI=1S/C14H19F3N2O4S/c1-7(2)4-9(11(21)22)19-10(20)5-13(23,14(15,16)17)12-18-8(3)6-24-12/h6-7,9,23H,4-5H2,1-3H3,(H,19,20)(H,21,22). The Morgan fingerprint density at radius 1 is 1.38 bits per heavy atom. The lowest BCUT2D eigenvalue weighted by atomic mass is 9.98. The summed E-state index contributed by atoms with van der Waals surface area (Å²) in [5.41, 5.74) is -3.18. The van der Waals surface area contributed by atoms with Crippen molar-refractivity contribution < 1.29 is 33.0 Å². The van der Waals surface area contributed by atoms with Crippen LogP contribution in [0, 0.1) is 12.8 Å². The van der Waals surface area contributed by atoms with Gasteiger partial charge in [0.1, 0.15) is 11.0 Å². The number of carbonyl (C=O) groups excluding carboxylic acids is 1. The van der Waals surface area contributed by atoms with Crippen LogP contribution >= 0.6 is 11.3 Å². The van der Waals surface area contributed by atoms with Crippen LogP contribution in [0.3, 0.4) is 0 Å². The van der Waals surface area contributed by atoms with Gasteiger partial charge in [-0.3, -0.25) is 4.79 Å². The average Bonchev–Trinajstić information content (AvgIpc) is 2.82. The topological polar surface area (TPSA) is 99.5 Å². The second kappa shape index (κ2) is 7.47. The number of aliphatic hydroxyl groups is 1. The molecular weight excluding hydrogens is 349 g/mol. The molecule has 136 valence electrons. The van der Waals surface area contributed by atoms with E-state index in [2.05, 4.69) is 4.98 Å². The monoisotopic (exact) mass is 368 g/mol. The number of aryl methyl sites for hydroxylation is 1. The fourth-order valence-electron chi connectivity index (χ4n) is 2.01. The second-order valence-electron chi connectivity index (χ2n) is 5.92. The SMILES string of the molecule is Cc1csc(C(O)(CC(=O)NC(CC(C)C)C(=O)O)C(F)(F)F)n1. The third kappa shape index (κ3) is 4.91. The smallest absolute Gasteiger partial charge is 0.424 e. The van der Waals surface area contributed by atoms with Crippen LogP contribution in [-0.4, -0.2) is 39.3 Å². The molecule has 0 saturated carbocycles. The van der Waals surface area contributed by atoms with Crippen LogP contribution in [-0.2, 0) is 15.2 Å². The molecule has 1 amide bonds. The van der Waals surface area contributed by atoms with Gasteiger partial charge in [0.2, 0.25) is 11.5 Å². The van der Waals surface area contributed by atoms with Gasteiger partial charge in [0.15, 0.2) is 0 Å². The highest BCUT2D eigenvalue weighted by molar-refractivity contribution is 7.09. The summed E-state index contributed by atoms with van der Waals surface area (Å²) >= 11 is 0.584. The van der Waals surface area contributed by atoms with Gasteiger partial charge in [-0.25, -0.2) is 9.78 Å². The molecule has 1 heterocycles. The number of nitrogens with zero attached hydrogens (tertiary/aromatic N) is 1. The molecule has 3 N–H and O–H groups in total. The fourth-order valence-corrected chi connectivity index (χ4v) is 2.93. The number of rotatable bonds is 7. The Morgan fingerprint density at radius 2 is 1.96 bits per heavy atom. The van der Waals surface area contributed by atoms with Gasteiger partial charge in [-0.1, -0.05) is 13.8 Å². The van der Waals surface area contributed by atoms with E-state index in [0.717, 1.165) is 0 Å². The van der Waals surface area contributed by atoms with Gasteiger partial charge in [0.25, 0.3) is 0 Å². The van der Waals surface area contributed by atoms with E-state index in [-0.39, 0.29) is 18.0 Å². The molecule has 6 nitrogen and oxygen atoms in total. The third-order valence-electron chi connectivity index (χ3n) is 3.20. The van der Waals surface area contributed by atoms with E-state index in [9.17, 15) is 27.9 Å². The predicted octanol–water partition coefficient (Wildman–Crippen LogP) is 2.21. The zero-order valence-electron chi connectivity index (χ0n) is 13.3. The Hall–Kier alpha value is -1.68. The van der Waals surface area contributed by atoms with Crippen molar-refractivity contribution >= 4 is 23.2 Å². The van der Waals surface area contributed by atoms with E-state index in [1.54, 1.807) is 13.8 Å². The van der Waals surface area contributed by atoms with Crippen molar-refractivity contribution in [2.75, 3.05) is 0 Å². The Balaban J connectivity index is 2.99. The summed E-state index contributed by atoms with van der Waals surface area (Å²) in [6.45, 7) is 4.89. The van der Waals surface area contributed by atoms with Gasteiger partial charge in [-0.2, -0.15) is 13.2 Å². The number of aromatic nitrogens is 1. The fraction of sp³-hybridized carbons (Fsp3) is 0.643. The van der Waals surface area contributed by atoms with Crippen molar-refractivity contribution in [2.45, 2.75) is 51.4 Å². The lowest BCUT2D eigenvalue weighted by Gasteiger charge is -2.28. The maximum atomic E-state index is 13.3. The molecule has 2 atom stereocenters. The summed E-state index contributed by atoms with van der Waals surface area (Å²) in [7, 11) is 0. The summed E-state index contributed by atoms with van der Waals surface area (Å²) in [5, 5.41) is 21.8. The van der Waals surface area contributed by atoms with E-state index in [0.29, 0.717) is 11.3 Å². The molecule has 0 fully saturated rings. The van der Waals surface area contributed by atoms with E-state index in [1.807, 2.05) is 5.32 Å². The lowest BCUT2D eigenvalue weighted by Crippen LogP contribution is -2.49. The number of halogens is 3. The number of aliphatic carboxylic acids is 1. The number of carbonyl (C=O) groups is 2. The molecule has 0 aliphatic heterocycles. The van der Waals surface area contributed by atoms with Crippen LogP contribution in [0.5, 0.6) is 0 Å². The van der Waals surface area contributed by atoms with E-state index < -0.39 is 41.1 Å². The maximum absolute atomic E-state index is 13.3. The van der Waals surface area contributed by atoms with E-state index in [4.69, 9.17) is 5.11 Å². The quantitative estimate of drug-likeness (QED) is 0.685. The number of carboxylic acid groups (broad SMARTS) is 1. The Morgan fingerprint density at radius 3 is 2.33 bits per heavy atom. The van der Waals surface area contributed by atoms with Gasteiger partial charge in [0, 0.05) is 11.1 Å². The van der Waals surface area contributed by atoms with Gasteiger partial charge < -0.3 is 15.5 Å². The van der Waals surface area contributed by atoms with Crippen LogP contribution in [0.4, 0.5) is 13.2 Å². The molecule has 0 aliphatic carbocycles. The van der Waals surface area contributed by atoms with Crippen LogP contribution in [0.1, 0.15) is 37.4 Å². The minimum atomic E-state index is -5.13. The predicted molar refractivity (Wildman–Crippen MR) is 80.4 cm³/mol. The molecule has 0 radical (unpaired) electrons. The van der Waals surface area contributed by atoms with Crippen LogP contribution in [0.2, 0.25) is 0 Å². The first-order valence-electron chi connectivity index (χ1n) is 7.10. The Bertz CT molecular complexity index is 603. The number of alkyl halides is 3. The van der Waals surface area contributed by atoms with Crippen molar-refractivity contribution in [3.8, 4) is 0 Å². The molecule has 10 heteroatoms. The molecule has 1 rings (SSSR count). The minimum absolute atomic E-state index is 0.0574. The van der Waals surface area contributed by atoms with E-state index >= 15 is 0 Å². The summed E-state index contributed by atoms with van der Waals surface area (Å²) in [4.78, 5) is 26.6. The highest BCUT2D eigenvalue weighted by Crippen LogP contribution is 2.42. The third-order valence-corrected chi connectivity index (χ3v) is 4.31. The number of thiazole rings is 1. The first-order valence-corrected chi connectivity index (χ1v) is 7.98. The Labute approximate surface area is 140 Å². The molecule has 0 spiro atoms. The second-order valence-corrected chi connectivity index (χ2v) is 6.77. The van der Waals surface area contributed by atoms with Crippen molar-refractivity contribution in [2.24, 2.45) is 5.92 Å². The molecular formula is C14H19F3N2O4S. The highest BCUT2D eigenvalue weighted by atomic mass is 32.1. The molecule has 0 aromatic carbocycles. The number of amides is 1. The largest absolute Gasteiger partial charge is 0.480 e. The number of nitrogens with one attached hydrogen (secondary N) is 1. The molecule has 0 saturated heterocycles. The van der Waals surface area contributed by atoms with E-state index in [1.165, 1.54) is 12.3 Å². The van der Waals surface area contributed by atoms with Gasteiger partial charge >= 0.3 is 12.1 Å². The van der Waals surface area contributed by atoms with Crippen molar-refractivity contribution in [3.63, 3.8) is 0 Å². The van der Waals surface area contributed by atoms with Crippen LogP contribution in [0.15, 0.2) is 5.38 Å². The first-order chi connectivity index (χ1) is 10.9. The molecule has 0 bridgehead atoms. The number of hydrogen-bond acceptors (Lipinski definition) is 5. The molecule has 1 aromatic rings. The number of carboxylic acids is 1. The molecule has 0 aliphatic rings. The molecule has 2 unspecified atom stereocenters. The zero-order valence-corrected chi connectivity index (χ0v) is 14.2. The molecule has 1 aromatic heterocycles. The lowest BCUT2D eigenvalue weighted by molar-refractivity contribution is -0.267. The summed E-state index contributed by atoms with van der Waals surface area (Å²) < 4.78 is 39.9. The highest BCUT2D eigenvalue weighted by Gasteiger charge is 2.58. The molecule has 24 heavy (non-hydrogen) atoms. The zero-order chi connectivity index (χ0) is 18.7. The van der Waals surface area contributed by atoms with Gasteiger partial charge in [-0.15, -0.1) is 11.3 Å². The van der Waals surface area contributed by atoms with Crippen molar-refractivity contribution in [3.05, 3.63) is 16.1 Å². The van der Waals surface area contributed by atoms with Gasteiger partial charge in [-0.05, 0) is 19.3 Å². The average molecular weight is 368 g/mol.